The molecule has 1 amide bonds. The molecule has 1 aromatic rings. The molecular formula is C11H12Cl2N2O. The second-order valence-corrected chi connectivity index (χ2v) is 4.04. The molecule has 3 nitrogen and oxygen atoms in total. The third-order valence-corrected chi connectivity index (χ3v) is 2.31. The van der Waals surface area contributed by atoms with Crippen LogP contribution in [0, 0.1) is 0 Å². The van der Waals surface area contributed by atoms with Gasteiger partial charge in [0.05, 0.1) is 15.7 Å². The van der Waals surface area contributed by atoms with Gasteiger partial charge in [-0.2, -0.15) is 0 Å². The predicted octanol–water partition coefficient (Wildman–Crippen LogP) is 2.93. The molecule has 86 valence electrons. The van der Waals surface area contributed by atoms with Crippen LogP contribution < -0.4 is 5.32 Å². The smallest absolute Gasteiger partial charge is 0.216 e. The van der Waals surface area contributed by atoms with Crippen molar-refractivity contribution in [1.29, 1.82) is 0 Å². The van der Waals surface area contributed by atoms with E-state index in [-0.39, 0.29) is 5.91 Å². The summed E-state index contributed by atoms with van der Waals surface area (Å²) in [5, 5.41) is 3.72. The van der Waals surface area contributed by atoms with Gasteiger partial charge in [-0.15, -0.1) is 0 Å². The number of nitrogens with zero attached hydrogens (tertiary/aromatic N) is 1. The fourth-order valence-electron chi connectivity index (χ4n) is 1.07. The van der Waals surface area contributed by atoms with Crippen LogP contribution in [0.15, 0.2) is 18.3 Å². The number of rotatable bonds is 4. The molecule has 0 saturated heterocycles. The highest BCUT2D eigenvalue weighted by atomic mass is 35.5. The highest BCUT2D eigenvalue weighted by molar-refractivity contribution is 6.35. The molecule has 0 aliphatic rings. The molecule has 0 aliphatic carbocycles. The van der Waals surface area contributed by atoms with Gasteiger partial charge in [0.1, 0.15) is 0 Å². The Bertz CT molecular complexity index is 405. The summed E-state index contributed by atoms with van der Waals surface area (Å²) in [4.78, 5) is 14.7. The summed E-state index contributed by atoms with van der Waals surface area (Å²) < 4.78 is 0. The van der Waals surface area contributed by atoms with E-state index in [1.807, 2.05) is 6.08 Å². The van der Waals surface area contributed by atoms with Crippen LogP contribution in [-0.4, -0.2) is 17.4 Å². The first-order chi connectivity index (χ1) is 7.59. The lowest BCUT2D eigenvalue weighted by Crippen LogP contribution is -2.20. The van der Waals surface area contributed by atoms with E-state index in [1.165, 1.54) is 6.92 Å². The quantitative estimate of drug-likeness (QED) is 0.844. The Kier molecular flexibility index (Phi) is 5.29. The van der Waals surface area contributed by atoms with Gasteiger partial charge < -0.3 is 5.32 Å². The second-order valence-electron chi connectivity index (χ2n) is 3.19. The Morgan fingerprint density at radius 2 is 2.31 bits per heavy atom. The standard InChI is InChI=1S/C11H12Cl2N2O/c1-8(16)14-5-3-2-4-11-10(13)6-9(12)7-15-11/h2,4,6-7H,3,5H2,1H3,(H,14,16). The molecule has 0 bridgehead atoms. The van der Waals surface area contributed by atoms with Crippen molar-refractivity contribution in [3.05, 3.63) is 34.1 Å². The van der Waals surface area contributed by atoms with Crippen molar-refractivity contribution in [2.24, 2.45) is 0 Å². The van der Waals surface area contributed by atoms with Crippen LogP contribution in [-0.2, 0) is 4.79 Å². The summed E-state index contributed by atoms with van der Waals surface area (Å²) in [7, 11) is 0. The molecule has 0 atom stereocenters. The van der Waals surface area contributed by atoms with Gasteiger partial charge in [-0.25, -0.2) is 0 Å². The summed E-state index contributed by atoms with van der Waals surface area (Å²) in [5.41, 5.74) is 0.675. The monoisotopic (exact) mass is 258 g/mol. The molecule has 0 spiro atoms. The van der Waals surface area contributed by atoms with Crippen molar-refractivity contribution in [2.75, 3.05) is 6.54 Å². The summed E-state index contributed by atoms with van der Waals surface area (Å²) >= 11 is 11.6. The van der Waals surface area contributed by atoms with Gasteiger partial charge in [-0.1, -0.05) is 29.3 Å². The lowest BCUT2D eigenvalue weighted by Gasteiger charge is -1.98. The number of nitrogens with one attached hydrogen (secondary N) is 1. The molecule has 5 heteroatoms. The van der Waals surface area contributed by atoms with Crippen LogP contribution in [0.2, 0.25) is 10.0 Å². The van der Waals surface area contributed by atoms with Gasteiger partial charge in [-0.05, 0) is 18.6 Å². The minimum atomic E-state index is -0.0314. The van der Waals surface area contributed by atoms with Crippen LogP contribution in [0.3, 0.4) is 0 Å². The van der Waals surface area contributed by atoms with Crippen molar-refractivity contribution >= 4 is 35.2 Å². The van der Waals surface area contributed by atoms with Crippen molar-refractivity contribution in [3.63, 3.8) is 0 Å². The van der Waals surface area contributed by atoms with Gasteiger partial charge in [0.25, 0.3) is 0 Å². The Hall–Kier alpha value is -1.06. The number of hydrogen-bond acceptors (Lipinski definition) is 2. The van der Waals surface area contributed by atoms with Crippen molar-refractivity contribution in [1.82, 2.24) is 10.3 Å². The van der Waals surface area contributed by atoms with Gasteiger partial charge in [0, 0.05) is 19.7 Å². The molecule has 1 N–H and O–H groups in total. The van der Waals surface area contributed by atoms with Gasteiger partial charge in [0.2, 0.25) is 5.91 Å². The second kappa shape index (κ2) is 6.51. The first-order valence-corrected chi connectivity index (χ1v) is 5.57. The molecule has 0 aromatic carbocycles. The number of hydrogen-bond donors (Lipinski definition) is 1. The van der Waals surface area contributed by atoms with Crippen LogP contribution >= 0.6 is 23.2 Å². The maximum Gasteiger partial charge on any atom is 0.216 e. The fraction of sp³-hybridized carbons (Fsp3) is 0.273. The molecule has 0 saturated carbocycles. The summed E-state index contributed by atoms with van der Waals surface area (Å²) in [6.45, 7) is 2.10. The number of pyridine rings is 1. The Labute approximate surface area is 104 Å². The Morgan fingerprint density at radius 1 is 1.56 bits per heavy atom. The van der Waals surface area contributed by atoms with Crippen LogP contribution in [0.1, 0.15) is 19.0 Å². The molecule has 0 unspecified atom stereocenters. The number of amides is 1. The number of carbonyl (C=O) groups excluding carboxylic acids is 1. The van der Waals surface area contributed by atoms with Gasteiger partial charge in [-0.3, -0.25) is 9.78 Å². The van der Waals surface area contributed by atoms with Crippen molar-refractivity contribution < 1.29 is 4.79 Å². The van der Waals surface area contributed by atoms with Gasteiger partial charge >= 0.3 is 0 Å². The minimum Gasteiger partial charge on any atom is -0.356 e. The fourth-order valence-corrected chi connectivity index (χ4v) is 1.52. The molecule has 16 heavy (non-hydrogen) atoms. The normalized spacial score (nSPS) is 10.7. The van der Waals surface area contributed by atoms with Crippen LogP contribution in [0.4, 0.5) is 0 Å². The van der Waals surface area contributed by atoms with Crippen LogP contribution in [0.25, 0.3) is 6.08 Å². The molecular weight excluding hydrogens is 247 g/mol. The average molecular weight is 259 g/mol. The van der Waals surface area contributed by atoms with E-state index in [9.17, 15) is 4.79 Å². The molecule has 0 aliphatic heterocycles. The number of aromatic nitrogens is 1. The summed E-state index contributed by atoms with van der Waals surface area (Å²) in [6.07, 6.45) is 5.99. The van der Waals surface area contributed by atoms with E-state index in [0.29, 0.717) is 22.3 Å². The third kappa shape index (κ3) is 4.64. The van der Waals surface area contributed by atoms with Gasteiger partial charge in [0.15, 0.2) is 0 Å². The maximum absolute atomic E-state index is 10.6. The van der Waals surface area contributed by atoms with E-state index in [2.05, 4.69) is 10.3 Å². The Balaban J connectivity index is 2.47. The SMILES string of the molecule is CC(=O)NCCC=Cc1ncc(Cl)cc1Cl. The zero-order chi connectivity index (χ0) is 12.0. The third-order valence-electron chi connectivity index (χ3n) is 1.80. The highest BCUT2D eigenvalue weighted by Gasteiger charge is 1.98. The molecule has 1 aromatic heterocycles. The lowest BCUT2D eigenvalue weighted by atomic mass is 10.3. The molecule has 0 radical (unpaired) electrons. The first-order valence-electron chi connectivity index (χ1n) is 4.81. The average Bonchev–Trinajstić information content (AvgIpc) is 2.20. The topological polar surface area (TPSA) is 42.0 Å². The zero-order valence-corrected chi connectivity index (χ0v) is 10.3. The Morgan fingerprint density at radius 3 is 2.94 bits per heavy atom. The molecule has 1 heterocycles. The zero-order valence-electron chi connectivity index (χ0n) is 8.84. The highest BCUT2D eigenvalue weighted by Crippen LogP contribution is 2.19. The molecule has 1 rings (SSSR count). The minimum absolute atomic E-state index is 0.0314. The number of carbonyl (C=O) groups is 1. The van der Waals surface area contributed by atoms with Crippen molar-refractivity contribution in [3.8, 4) is 0 Å². The van der Waals surface area contributed by atoms with Crippen molar-refractivity contribution in [2.45, 2.75) is 13.3 Å². The first kappa shape index (κ1) is 13.0. The van der Waals surface area contributed by atoms with E-state index >= 15 is 0 Å². The maximum atomic E-state index is 10.6. The van der Waals surface area contributed by atoms with Crippen LogP contribution in [0.5, 0.6) is 0 Å². The molecule has 0 fully saturated rings. The van der Waals surface area contributed by atoms with E-state index in [4.69, 9.17) is 23.2 Å². The number of halogens is 2. The predicted molar refractivity (Wildman–Crippen MR) is 66.6 cm³/mol. The summed E-state index contributed by atoms with van der Waals surface area (Å²) in [5.74, 6) is -0.0314. The van der Waals surface area contributed by atoms with E-state index in [1.54, 1.807) is 18.3 Å². The lowest BCUT2D eigenvalue weighted by molar-refractivity contribution is -0.118. The largest absolute Gasteiger partial charge is 0.356 e. The van der Waals surface area contributed by atoms with E-state index in [0.717, 1.165) is 6.42 Å². The summed E-state index contributed by atoms with van der Waals surface area (Å²) in [6, 6.07) is 1.64. The van der Waals surface area contributed by atoms with E-state index < -0.39 is 0 Å².